The minimum absolute atomic E-state index is 0.453. The molecule has 1 aliphatic rings. The van der Waals surface area contributed by atoms with E-state index in [4.69, 9.17) is 0 Å². The van der Waals surface area contributed by atoms with Crippen molar-refractivity contribution in [2.45, 2.75) is 13.5 Å². The number of methoxy groups -OCH3 is 1. The summed E-state index contributed by atoms with van der Waals surface area (Å²) < 4.78 is 6.62. The summed E-state index contributed by atoms with van der Waals surface area (Å²) in [6.45, 7) is 2.35. The minimum Gasteiger partial charge on any atom is -0.453 e. The minimum atomic E-state index is -0.535. The normalized spacial score (nSPS) is 12.3. The number of hydrogen-bond donors (Lipinski definition) is 1. The second-order valence-electron chi connectivity index (χ2n) is 4.43. The Balaban J connectivity index is 2.15. The zero-order valence-electron chi connectivity index (χ0n) is 11.3. The Labute approximate surface area is 116 Å². The van der Waals surface area contributed by atoms with Crippen molar-refractivity contribution in [1.82, 2.24) is 9.55 Å². The second-order valence-corrected chi connectivity index (χ2v) is 4.43. The molecule has 0 unspecified atom stereocenters. The summed E-state index contributed by atoms with van der Waals surface area (Å²) in [5.74, 6) is 1.28. The number of hydrogen-bond acceptors (Lipinski definition) is 4. The first-order valence-corrected chi connectivity index (χ1v) is 6.23. The summed E-state index contributed by atoms with van der Waals surface area (Å²) in [4.78, 5) is 20.2. The van der Waals surface area contributed by atoms with Gasteiger partial charge in [0.25, 0.3) is 0 Å². The lowest BCUT2D eigenvalue weighted by Gasteiger charge is -2.10. The molecule has 1 aliphatic heterocycles. The van der Waals surface area contributed by atoms with Gasteiger partial charge in [0.15, 0.2) is 5.82 Å². The largest absolute Gasteiger partial charge is 0.453 e. The maximum atomic E-state index is 11.4. The van der Waals surface area contributed by atoms with Crippen molar-refractivity contribution in [3.63, 3.8) is 0 Å². The van der Waals surface area contributed by atoms with Crippen molar-refractivity contribution in [3.8, 4) is 5.69 Å². The van der Waals surface area contributed by atoms with Gasteiger partial charge in [-0.2, -0.15) is 0 Å². The summed E-state index contributed by atoms with van der Waals surface area (Å²) in [5, 5.41) is 2.63. The number of benzene rings is 1. The number of aryl methyl sites for hydroxylation is 1. The SMILES string of the molecule is COC(=O)Nc1nc(C)n2c1CN=Cc1ccccc1-2. The number of carbonyl (C=O) groups excluding carboxylic acids is 1. The molecule has 0 aliphatic carbocycles. The quantitative estimate of drug-likeness (QED) is 0.864. The number of aliphatic imine (C=N–C) groups is 1. The molecule has 0 bridgehead atoms. The van der Waals surface area contributed by atoms with Gasteiger partial charge in [-0.1, -0.05) is 18.2 Å². The van der Waals surface area contributed by atoms with E-state index in [0.29, 0.717) is 12.4 Å². The predicted molar refractivity (Wildman–Crippen MR) is 75.6 cm³/mol. The molecular weight excluding hydrogens is 256 g/mol. The van der Waals surface area contributed by atoms with Gasteiger partial charge in [0.1, 0.15) is 5.82 Å². The molecule has 0 atom stereocenters. The van der Waals surface area contributed by atoms with Gasteiger partial charge in [-0.3, -0.25) is 14.9 Å². The van der Waals surface area contributed by atoms with E-state index < -0.39 is 6.09 Å². The molecule has 0 radical (unpaired) electrons. The Morgan fingerprint density at radius 3 is 3.00 bits per heavy atom. The molecule has 102 valence electrons. The maximum Gasteiger partial charge on any atom is 0.412 e. The number of amides is 1. The van der Waals surface area contributed by atoms with E-state index in [9.17, 15) is 4.79 Å². The number of rotatable bonds is 1. The number of imidazole rings is 1. The van der Waals surface area contributed by atoms with Gasteiger partial charge >= 0.3 is 6.09 Å². The standard InChI is InChI=1S/C14H14N4O2/c1-9-16-13(17-14(19)20-2)12-8-15-7-10-5-3-4-6-11(10)18(9)12/h3-7H,8H2,1-2H3,(H,17,19). The third-order valence-corrected chi connectivity index (χ3v) is 3.20. The van der Waals surface area contributed by atoms with Crippen LogP contribution in [0.1, 0.15) is 17.1 Å². The van der Waals surface area contributed by atoms with Crippen molar-refractivity contribution in [1.29, 1.82) is 0 Å². The summed E-state index contributed by atoms with van der Waals surface area (Å²) in [7, 11) is 1.32. The Bertz CT molecular complexity index is 703. The Morgan fingerprint density at radius 1 is 1.40 bits per heavy atom. The molecule has 20 heavy (non-hydrogen) atoms. The van der Waals surface area contributed by atoms with E-state index in [1.807, 2.05) is 42.0 Å². The summed E-state index contributed by atoms with van der Waals surface area (Å²) >= 11 is 0. The third kappa shape index (κ3) is 1.95. The average Bonchev–Trinajstić information content (AvgIpc) is 2.65. The molecule has 3 rings (SSSR count). The fourth-order valence-corrected chi connectivity index (χ4v) is 2.32. The summed E-state index contributed by atoms with van der Waals surface area (Å²) in [6.07, 6.45) is 1.30. The molecule has 0 fully saturated rings. The number of para-hydroxylation sites is 1. The molecule has 1 aromatic carbocycles. The second kappa shape index (κ2) is 4.80. The van der Waals surface area contributed by atoms with Gasteiger partial charge in [0.2, 0.25) is 0 Å². The molecule has 1 N–H and O–H groups in total. The van der Waals surface area contributed by atoms with Gasteiger partial charge < -0.3 is 4.74 Å². The highest BCUT2D eigenvalue weighted by molar-refractivity contribution is 5.87. The summed E-state index contributed by atoms with van der Waals surface area (Å²) in [5.41, 5.74) is 2.87. The molecule has 0 saturated heterocycles. The monoisotopic (exact) mass is 270 g/mol. The highest BCUT2D eigenvalue weighted by Crippen LogP contribution is 2.26. The lowest BCUT2D eigenvalue weighted by atomic mass is 10.2. The van der Waals surface area contributed by atoms with Crippen molar-refractivity contribution >= 4 is 18.1 Å². The van der Waals surface area contributed by atoms with Crippen LogP contribution in [0, 0.1) is 6.92 Å². The first-order valence-electron chi connectivity index (χ1n) is 6.23. The number of carbonyl (C=O) groups is 1. The molecule has 6 heteroatoms. The van der Waals surface area contributed by atoms with Gasteiger partial charge in [0, 0.05) is 11.8 Å². The lowest BCUT2D eigenvalue weighted by molar-refractivity contribution is 0.187. The Kier molecular flexibility index (Phi) is 2.98. The van der Waals surface area contributed by atoms with Crippen LogP contribution in [0.15, 0.2) is 29.3 Å². The molecule has 0 saturated carbocycles. The molecular formula is C14H14N4O2. The van der Waals surface area contributed by atoms with Crippen LogP contribution in [-0.4, -0.2) is 29.0 Å². The Morgan fingerprint density at radius 2 is 2.20 bits per heavy atom. The van der Waals surface area contributed by atoms with E-state index >= 15 is 0 Å². The van der Waals surface area contributed by atoms with Crippen molar-refractivity contribution in [3.05, 3.63) is 41.3 Å². The zero-order chi connectivity index (χ0) is 14.1. The van der Waals surface area contributed by atoms with Gasteiger partial charge in [0.05, 0.1) is 25.0 Å². The van der Waals surface area contributed by atoms with E-state index in [2.05, 4.69) is 20.0 Å². The average molecular weight is 270 g/mol. The first kappa shape index (κ1) is 12.4. The number of aromatic nitrogens is 2. The van der Waals surface area contributed by atoms with Crippen LogP contribution >= 0.6 is 0 Å². The van der Waals surface area contributed by atoms with E-state index in [1.165, 1.54) is 7.11 Å². The molecule has 1 amide bonds. The number of fused-ring (bicyclic) bond motifs is 3. The number of ether oxygens (including phenoxy) is 1. The summed E-state index contributed by atoms with van der Waals surface area (Å²) in [6, 6.07) is 7.94. The Hall–Kier alpha value is -2.63. The van der Waals surface area contributed by atoms with Gasteiger partial charge in [-0.05, 0) is 13.0 Å². The van der Waals surface area contributed by atoms with Crippen LogP contribution < -0.4 is 5.32 Å². The highest BCUT2D eigenvalue weighted by Gasteiger charge is 2.20. The van der Waals surface area contributed by atoms with Crippen molar-refractivity contribution in [2.24, 2.45) is 4.99 Å². The van der Waals surface area contributed by atoms with Crippen LogP contribution in [0.4, 0.5) is 10.6 Å². The number of nitrogens with zero attached hydrogens (tertiary/aromatic N) is 3. The van der Waals surface area contributed by atoms with E-state index in [-0.39, 0.29) is 0 Å². The lowest BCUT2D eigenvalue weighted by Crippen LogP contribution is -2.13. The van der Waals surface area contributed by atoms with Gasteiger partial charge in [-0.25, -0.2) is 9.78 Å². The van der Waals surface area contributed by atoms with Crippen LogP contribution in [0.3, 0.4) is 0 Å². The fourth-order valence-electron chi connectivity index (χ4n) is 2.32. The molecule has 0 spiro atoms. The topological polar surface area (TPSA) is 68.5 Å². The molecule has 6 nitrogen and oxygen atoms in total. The third-order valence-electron chi connectivity index (χ3n) is 3.20. The molecule has 1 aromatic heterocycles. The van der Waals surface area contributed by atoms with Crippen molar-refractivity contribution in [2.75, 3.05) is 12.4 Å². The zero-order valence-corrected chi connectivity index (χ0v) is 11.3. The van der Waals surface area contributed by atoms with E-state index in [1.54, 1.807) is 0 Å². The van der Waals surface area contributed by atoms with Crippen LogP contribution in [0.2, 0.25) is 0 Å². The van der Waals surface area contributed by atoms with E-state index in [0.717, 1.165) is 22.8 Å². The van der Waals surface area contributed by atoms with Crippen LogP contribution in [0.5, 0.6) is 0 Å². The van der Waals surface area contributed by atoms with Crippen LogP contribution in [-0.2, 0) is 11.3 Å². The van der Waals surface area contributed by atoms with Gasteiger partial charge in [-0.15, -0.1) is 0 Å². The predicted octanol–water partition coefficient (Wildman–Crippen LogP) is 2.29. The first-order chi connectivity index (χ1) is 9.70. The molecule has 2 aromatic rings. The number of nitrogens with one attached hydrogen (secondary N) is 1. The van der Waals surface area contributed by atoms with Crippen LogP contribution in [0.25, 0.3) is 5.69 Å². The fraction of sp³-hybridized carbons (Fsp3) is 0.214. The van der Waals surface area contributed by atoms with Crippen molar-refractivity contribution < 1.29 is 9.53 Å². The number of anilines is 1. The maximum absolute atomic E-state index is 11.4. The molecule has 2 heterocycles. The smallest absolute Gasteiger partial charge is 0.412 e. The highest BCUT2D eigenvalue weighted by atomic mass is 16.5.